The van der Waals surface area contributed by atoms with Crippen molar-refractivity contribution in [3.05, 3.63) is 63.6 Å². The van der Waals surface area contributed by atoms with Crippen LogP contribution in [-0.2, 0) is 17.9 Å². The molecule has 0 heterocycles. The Kier molecular flexibility index (Phi) is 6.71. The molecule has 0 fully saturated rings. The first kappa shape index (κ1) is 17.6. The third-order valence-corrected chi connectivity index (χ3v) is 3.77. The van der Waals surface area contributed by atoms with Gasteiger partial charge >= 0.3 is 6.03 Å². The topological polar surface area (TPSA) is 50.4 Å². The van der Waals surface area contributed by atoms with E-state index in [0.717, 1.165) is 16.8 Å². The van der Waals surface area contributed by atoms with Gasteiger partial charge in [-0.15, -0.1) is 0 Å². The highest BCUT2D eigenvalue weighted by Gasteiger charge is 2.07. The first-order chi connectivity index (χ1) is 11.1. The molecule has 0 saturated carbocycles. The molecule has 0 atom stereocenters. The largest absolute Gasteiger partial charge is 0.377 e. The Hall–Kier alpha value is -1.75. The molecule has 23 heavy (non-hydrogen) atoms. The second kappa shape index (κ2) is 8.77. The molecule has 0 aliphatic heterocycles. The van der Waals surface area contributed by atoms with Crippen LogP contribution in [0, 0.1) is 0 Å². The monoisotopic (exact) mass is 352 g/mol. The molecular weight excluding hydrogens is 335 g/mol. The summed E-state index contributed by atoms with van der Waals surface area (Å²) < 4.78 is 5.40. The van der Waals surface area contributed by atoms with E-state index in [1.54, 1.807) is 18.2 Å². The first-order valence-corrected chi connectivity index (χ1v) is 8.00. The standard InChI is InChI=1S/C17H18Cl2N2O2/c1-2-23-11-13-5-3-4-6-16(13)21-17(22)20-10-12-7-8-14(18)9-15(12)19/h3-9H,2,10-11H2,1H3,(H2,20,21,22). The van der Waals surface area contributed by atoms with Crippen LogP contribution in [0.5, 0.6) is 0 Å². The fraction of sp³-hybridized carbons (Fsp3) is 0.235. The van der Waals surface area contributed by atoms with Gasteiger partial charge in [0.2, 0.25) is 0 Å². The lowest BCUT2D eigenvalue weighted by atomic mass is 10.2. The highest BCUT2D eigenvalue weighted by Crippen LogP contribution is 2.21. The number of para-hydroxylation sites is 1. The maximum Gasteiger partial charge on any atom is 0.319 e. The van der Waals surface area contributed by atoms with Crippen molar-refractivity contribution in [2.75, 3.05) is 11.9 Å². The molecule has 0 aliphatic rings. The first-order valence-electron chi connectivity index (χ1n) is 7.24. The summed E-state index contributed by atoms with van der Waals surface area (Å²) in [7, 11) is 0. The van der Waals surface area contributed by atoms with E-state index in [1.807, 2.05) is 31.2 Å². The zero-order chi connectivity index (χ0) is 16.7. The number of nitrogens with one attached hydrogen (secondary N) is 2. The van der Waals surface area contributed by atoms with Gasteiger partial charge in [-0.2, -0.15) is 0 Å². The van der Waals surface area contributed by atoms with Crippen LogP contribution in [0.3, 0.4) is 0 Å². The zero-order valence-electron chi connectivity index (χ0n) is 12.7. The average Bonchev–Trinajstić information content (AvgIpc) is 2.53. The summed E-state index contributed by atoms with van der Waals surface area (Å²) in [6.45, 7) is 3.32. The van der Waals surface area contributed by atoms with Crippen LogP contribution in [0.2, 0.25) is 10.0 Å². The van der Waals surface area contributed by atoms with Gasteiger partial charge in [-0.3, -0.25) is 0 Å². The summed E-state index contributed by atoms with van der Waals surface area (Å²) in [5, 5.41) is 6.68. The maximum atomic E-state index is 12.1. The number of amides is 2. The molecule has 6 heteroatoms. The highest BCUT2D eigenvalue weighted by atomic mass is 35.5. The van der Waals surface area contributed by atoms with Crippen molar-refractivity contribution in [1.82, 2.24) is 5.32 Å². The number of carbonyl (C=O) groups is 1. The van der Waals surface area contributed by atoms with Crippen molar-refractivity contribution in [2.24, 2.45) is 0 Å². The van der Waals surface area contributed by atoms with Crippen molar-refractivity contribution < 1.29 is 9.53 Å². The van der Waals surface area contributed by atoms with Crippen LogP contribution in [-0.4, -0.2) is 12.6 Å². The van der Waals surface area contributed by atoms with E-state index in [4.69, 9.17) is 27.9 Å². The lowest BCUT2D eigenvalue weighted by Gasteiger charge is -2.12. The summed E-state index contributed by atoms with van der Waals surface area (Å²) >= 11 is 11.9. The van der Waals surface area contributed by atoms with Crippen molar-refractivity contribution in [3.8, 4) is 0 Å². The average molecular weight is 353 g/mol. The molecule has 122 valence electrons. The lowest BCUT2D eigenvalue weighted by molar-refractivity contribution is 0.134. The minimum atomic E-state index is -0.306. The van der Waals surface area contributed by atoms with Gasteiger partial charge < -0.3 is 15.4 Å². The molecule has 0 spiro atoms. The Morgan fingerprint density at radius 2 is 1.91 bits per heavy atom. The predicted molar refractivity (Wildman–Crippen MR) is 94.1 cm³/mol. The molecule has 0 aromatic heterocycles. The van der Waals surface area contributed by atoms with Gasteiger partial charge in [0.1, 0.15) is 0 Å². The molecule has 0 radical (unpaired) electrons. The minimum Gasteiger partial charge on any atom is -0.377 e. The number of hydrogen-bond acceptors (Lipinski definition) is 2. The molecule has 0 bridgehead atoms. The van der Waals surface area contributed by atoms with Crippen LogP contribution >= 0.6 is 23.2 Å². The van der Waals surface area contributed by atoms with Gasteiger partial charge in [0.15, 0.2) is 0 Å². The number of urea groups is 1. The second-order valence-corrected chi connectivity index (χ2v) is 5.68. The molecule has 0 unspecified atom stereocenters. The molecule has 2 amide bonds. The van der Waals surface area contributed by atoms with Crippen molar-refractivity contribution in [3.63, 3.8) is 0 Å². The Morgan fingerprint density at radius 3 is 2.65 bits per heavy atom. The van der Waals surface area contributed by atoms with Gasteiger partial charge in [-0.05, 0) is 30.7 Å². The number of carbonyl (C=O) groups excluding carboxylic acids is 1. The molecule has 2 rings (SSSR count). The van der Waals surface area contributed by atoms with Gasteiger partial charge in [-0.1, -0.05) is 47.5 Å². The zero-order valence-corrected chi connectivity index (χ0v) is 14.2. The lowest BCUT2D eigenvalue weighted by Crippen LogP contribution is -2.28. The fourth-order valence-corrected chi connectivity index (χ4v) is 2.46. The smallest absolute Gasteiger partial charge is 0.319 e. The van der Waals surface area contributed by atoms with E-state index >= 15 is 0 Å². The predicted octanol–water partition coefficient (Wildman–Crippen LogP) is 4.85. The van der Waals surface area contributed by atoms with Crippen LogP contribution in [0.1, 0.15) is 18.1 Å². The third kappa shape index (κ3) is 5.43. The maximum absolute atomic E-state index is 12.1. The van der Waals surface area contributed by atoms with Crippen molar-refractivity contribution in [1.29, 1.82) is 0 Å². The molecule has 2 N–H and O–H groups in total. The number of halogens is 2. The normalized spacial score (nSPS) is 10.4. The summed E-state index contributed by atoms with van der Waals surface area (Å²) in [5.41, 5.74) is 2.45. The van der Waals surface area contributed by atoms with E-state index < -0.39 is 0 Å². The quantitative estimate of drug-likeness (QED) is 0.780. The van der Waals surface area contributed by atoms with Crippen LogP contribution < -0.4 is 10.6 Å². The molecule has 2 aromatic carbocycles. The van der Waals surface area contributed by atoms with E-state index in [0.29, 0.717) is 29.8 Å². The Labute approximate surface area is 145 Å². The Balaban J connectivity index is 1.94. The van der Waals surface area contributed by atoms with Crippen molar-refractivity contribution in [2.45, 2.75) is 20.1 Å². The summed E-state index contributed by atoms with van der Waals surface area (Å²) in [6, 6.07) is 12.4. The van der Waals surface area contributed by atoms with Gasteiger partial charge in [0, 0.05) is 34.4 Å². The van der Waals surface area contributed by atoms with Crippen LogP contribution in [0.4, 0.5) is 10.5 Å². The van der Waals surface area contributed by atoms with E-state index in [-0.39, 0.29) is 6.03 Å². The van der Waals surface area contributed by atoms with E-state index in [9.17, 15) is 4.79 Å². The third-order valence-electron chi connectivity index (χ3n) is 3.18. The number of rotatable bonds is 6. The molecule has 2 aromatic rings. The van der Waals surface area contributed by atoms with Gasteiger partial charge in [0.05, 0.1) is 6.61 Å². The summed E-state index contributed by atoms with van der Waals surface area (Å²) in [6.07, 6.45) is 0. The highest BCUT2D eigenvalue weighted by molar-refractivity contribution is 6.35. The second-order valence-electron chi connectivity index (χ2n) is 4.84. The summed E-state index contributed by atoms with van der Waals surface area (Å²) in [4.78, 5) is 12.1. The Morgan fingerprint density at radius 1 is 1.13 bits per heavy atom. The van der Waals surface area contributed by atoms with Gasteiger partial charge in [0.25, 0.3) is 0 Å². The van der Waals surface area contributed by atoms with Gasteiger partial charge in [-0.25, -0.2) is 4.79 Å². The van der Waals surface area contributed by atoms with Crippen LogP contribution in [0.15, 0.2) is 42.5 Å². The number of hydrogen-bond donors (Lipinski definition) is 2. The minimum absolute atomic E-state index is 0.306. The number of anilines is 1. The van der Waals surface area contributed by atoms with E-state index in [2.05, 4.69) is 10.6 Å². The molecule has 4 nitrogen and oxygen atoms in total. The molecular formula is C17H18Cl2N2O2. The molecule has 0 saturated heterocycles. The number of ether oxygens (including phenoxy) is 1. The Bertz CT molecular complexity index is 677. The van der Waals surface area contributed by atoms with Crippen molar-refractivity contribution >= 4 is 34.9 Å². The fourth-order valence-electron chi connectivity index (χ4n) is 1.99. The number of benzene rings is 2. The summed E-state index contributed by atoms with van der Waals surface area (Å²) in [5.74, 6) is 0. The SMILES string of the molecule is CCOCc1ccccc1NC(=O)NCc1ccc(Cl)cc1Cl. The van der Waals surface area contributed by atoms with E-state index in [1.165, 1.54) is 0 Å². The molecule has 0 aliphatic carbocycles. The van der Waals surface area contributed by atoms with Crippen LogP contribution in [0.25, 0.3) is 0 Å².